The molecule has 0 aromatic carbocycles. The topological polar surface area (TPSA) is 32.3 Å². The molecule has 1 aliphatic heterocycles. The molecular weight excluding hydrogens is 244 g/mol. The summed E-state index contributed by atoms with van der Waals surface area (Å²) in [5.74, 6) is 0.256. The minimum atomic E-state index is 0. The molecule has 2 rings (SSSR count). The quantitative estimate of drug-likeness (QED) is 0.894. The smallest absolute Gasteiger partial charge is 0.227 e. The number of likely N-dealkylation sites (N-methyl/N-ethyl adjacent to an activating group) is 1. The number of carbonyl (C=O) groups excluding carboxylic acids is 1. The Morgan fingerprint density at radius 1 is 1.69 bits per heavy atom. The summed E-state index contributed by atoms with van der Waals surface area (Å²) in [6.45, 7) is 1.76. The van der Waals surface area contributed by atoms with Crippen LogP contribution in [0.1, 0.15) is 12.0 Å². The number of thiophene rings is 1. The zero-order valence-corrected chi connectivity index (χ0v) is 10.9. The normalized spacial score (nSPS) is 19.6. The first-order valence-corrected chi connectivity index (χ1v) is 6.20. The molecule has 0 spiro atoms. The van der Waals surface area contributed by atoms with Crippen LogP contribution in [0.25, 0.3) is 0 Å². The van der Waals surface area contributed by atoms with Crippen LogP contribution in [-0.2, 0) is 11.2 Å². The van der Waals surface area contributed by atoms with Crippen molar-refractivity contribution in [3.8, 4) is 0 Å². The molecule has 3 nitrogen and oxygen atoms in total. The molecule has 0 radical (unpaired) electrons. The van der Waals surface area contributed by atoms with Gasteiger partial charge in [-0.1, -0.05) is 0 Å². The zero-order chi connectivity index (χ0) is 10.7. The summed E-state index contributed by atoms with van der Waals surface area (Å²) < 4.78 is 0. The predicted octanol–water partition coefficient (Wildman–Crippen LogP) is 1.53. The lowest BCUT2D eigenvalue weighted by atomic mass is 10.2. The number of hydrogen-bond donors (Lipinski definition) is 1. The molecule has 0 aliphatic carbocycles. The first-order valence-electron chi connectivity index (χ1n) is 5.25. The lowest BCUT2D eigenvalue weighted by Crippen LogP contribution is -2.34. The van der Waals surface area contributed by atoms with E-state index in [9.17, 15) is 4.79 Å². The average molecular weight is 261 g/mol. The minimum Gasteiger partial charge on any atom is -0.341 e. The van der Waals surface area contributed by atoms with Gasteiger partial charge in [-0.05, 0) is 35.9 Å². The average Bonchev–Trinajstić information content (AvgIpc) is 2.86. The maximum Gasteiger partial charge on any atom is 0.227 e. The summed E-state index contributed by atoms with van der Waals surface area (Å²) in [5.41, 5.74) is 1.14. The minimum absolute atomic E-state index is 0. The van der Waals surface area contributed by atoms with Crippen LogP contribution in [0.5, 0.6) is 0 Å². The van der Waals surface area contributed by atoms with E-state index in [2.05, 4.69) is 5.32 Å². The number of carbonyl (C=O) groups is 1. The Bertz CT molecular complexity index is 329. The summed E-state index contributed by atoms with van der Waals surface area (Å²) in [7, 11) is 1.96. The van der Waals surface area contributed by atoms with Gasteiger partial charge in [0.05, 0.1) is 6.42 Å². The van der Waals surface area contributed by atoms with Crippen LogP contribution >= 0.6 is 23.7 Å². The number of amides is 1. The van der Waals surface area contributed by atoms with Crippen LogP contribution in [-0.4, -0.2) is 37.0 Å². The Labute approximate surface area is 106 Å². The predicted molar refractivity (Wildman–Crippen MR) is 69.3 cm³/mol. The molecule has 1 fully saturated rings. The number of rotatable bonds is 3. The van der Waals surface area contributed by atoms with Gasteiger partial charge in [0.1, 0.15) is 0 Å². The highest BCUT2D eigenvalue weighted by molar-refractivity contribution is 7.07. The maximum absolute atomic E-state index is 11.9. The Balaban J connectivity index is 0.00000128. The van der Waals surface area contributed by atoms with Gasteiger partial charge < -0.3 is 10.2 Å². The second kappa shape index (κ2) is 6.23. The van der Waals surface area contributed by atoms with Crippen LogP contribution in [0.15, 0.2) is 16.8 Å². The molecule has 0 bridgehead atoms. The summed E-state index contributed by atoms with van der Waals surface area (Å²) in [6.07, 6.45) is 1.63. The van der Waals surface area contributed by atoms with Crippen molar-refractivity contribution in [3.63, 3.8) is 0 Å². The first kappa shape index (κ1) is 13.5. The van der Waals surface area contributed by atoms with E-state index >= 15 is 0 Å². The Hall–Kier alpha value is -0.580. The van der Waals surface area contributed by atoms with Crippen molar-refractivity contribution in [1.29, 1.82) is 0 Å². The fourth-order valence-electron chi connectivity index (χ4n) is 1.90. The second-order valence-corrected chi connectivity index (χ2v) is 4.70. The maximum atomic E-state index is 11.9. The molecule has 1 N–H and O–H groups in total. The molecule has 1 atom stereocenters. The number of nitrogens with one attached hydrogen (secondary N) is 1. The van der Waals surface area contributed by atoms with E-state index in [1.54, 1.807) is 11.3 Å². The van der Waals surface area contributed by atoms with Crippen molar-refractivity contribution in [2.75, 3.05) is 20.1 Å². The molecule has 90 valence electrons. The van der Waals surface area contributed by atoms with Crippen molar-refractivity contribution in [2.45, 2.75) is 18.9 Å². The fourth-order valence-corrected chi connectivity index (χ4v) is 2.57. The Morgan fingerprint density at radius 2 is 2.50 bits per heavy atom. The van der Waals surface area contributed by atoms with Gasteiger partial charge in [-0.25, -0.2) is 0 Å². The SMILES string of the molecule is CNC1CCN(C(=O)Cc2ccsc2)C1.Cl. The van der Waals surface area contributed by atoms with Crippen LogP contribution in [0.4, 0.5) is 0 Å². The van der Waals surface area contributed by atoms with Crippen molar-refractivity contribution >= 4 is 29.7 Å². The van der Waals surface area contributed by atoms with E-state index in [0.29, 0.717) is 12.5 Å². The van der Waals surface area contributed by atoms with Gasteiger partial charge in [0, 0.05) is 19.1 Å². The van der Waals surface area contributed by atoms with E-state index in [0.717, 1.165) is 25.1 Å². The van der Waals surface area contributed by atoms with Crippen LogP contribution < -0.4 is 5.32 Å². The lowest BCUT2D eigenvalue weighted by Gasteiger charge is -2.15. The van der Waals surface area contributed by atoms with Crippen molar-refractivity contribution < 1.29 is 4.79 Å². The Kier molecular flexibility index (Phi) is 5.25. The van der Waals surface area contributed by atoms with E-state index < -0.39 is 0 Å². The monoisotopic (exact) mass is 260 g/mol. The molecule has 5 heteroatoms. The largest absolute Gasteiger partial charge is 0.341 e. The molecule has 1 saturated heterocycles. The summed E-state index contributed by atoms with van der Waals surface area (Å²) >= 11 is 1.65. The molecule has 1 aromatic rings. The number of nitrogens with zero attached hydrogens (tertiary/aromatic N) is 1. The van der Waals surface area contributed by atoms with Crippen molar-refractivity contribution in [3.05, 3.63) is 22.4 Å². The van der Waals surface area contributed by atoms with Gasteiger partial charge in [-0.3, -0.25) is 4.79 Å². The van der Waals surface area contributed by atoms with Gasteiger partial charge in [0.25, 0.3) is 0 Å². The van der Waals surface area contributed by atoms with Crippen molar-refractivity contribution in [2.24, 2.45) is 0 Å². The summed E-state index contributed by atoms with van der Waals surface area (Å²) in [5, 5.41) is 7.28. The third-order valence-corrected chi connectivity index (χ3v) is 3.62. The standard InChI is InChI=1S/C11H16N2OS.ClH/c1-12-10-2-4-13(7-10)11(14)6-9-3-5-15-8-9;/h3,5,8,10,12H,2,4,6-7H2,1H3;1H. The highest BCUT2D eigenvalue weighted by Crippen LogP contribution is 2.13. The van der Waals surface area contributed by atoms with E-state index in [4.69, 9.17) is 0 Å². The van der Waals surface area contributed by atoms with Crippen molar-refractivity contribution in [1.82, 2.24) is 10.2 Å². The van der Waals surface area contributed by atoms with Crippen LogP contribution in [0, 0.1) is 0 Å². The molecule has 1 aliphatic rings. The third-order valence-electron chi connectivity index (χ3n) is 2.88. The molecule has 1 unspecified atom stereocenters. The van der Waals surface area contributed by atoms with Gasteiger partial charge in [0.15, 0.2) is 0 Å². The second-order valence-electron chi connectivity index (χ2n) is 3.92. The summed E-state index contributed by atoms with van der Waals surface area (Å²) in [4.78, 5) is 13.8. The molecule has 16 heavy (non-hydrogen) atoms. The summed E-state index contributed by atoms with van der Waals surface area (Å²) in [6, 6.07) is 2.50. The Morgan fingerprint density at radius 3 is 3.06 bits per heavy atom. The molecule has 2 heterocycles. The van der Waals surface area contributed by atoms with E-state index in [1.165, 1.54) is 0 Å². The number of halogens is 1. The lowest BCUT2D eigenvalue weighted by molar-refractivity contribution is -0.129. The van der Waals surface area contributed by atoms with Gasteiger partial charge >= 0.3 is 0 Å². The number of likely N-dealkylation sites (tertiary alicyclic amines) is 1. The molecule has 0 saturated carbocycles. The van der Waals surface area contributed by atoms with E-state index in [-0.39, 0.29) is 18.3 Å². The molecule has 1 amide bonds. The molecular formula is C11H17ClN2OS. The first-order chi connectivity index (χ1) is 7.29. The van der Waals surface area contributed by atoms with Crippen LogP contribution in [0.3, 0.4) is 0 Å². The third kappa shape index (κ3) is 3.20. The van der Waals surface area contributed by atoms with Gasteiger partial charge in [-0.2, -0.15) is 11.3 Å². The van der Waals surface area contributed by atoms with E-state index in [1.807, 2.05) is 28.8 Å². The fraction of sp³-hybridized carbons (Fsp3) is 0.545. The zero-order valence-electron chi connectivity index (χ0n) is 9.31. The van der Waals surface area contributed by atoms with Gasteiger partial charge in [0.2, 0.25) is 5.91 Å². The highest BCUT2D eigenvalue weighted by atomic mass is 35.5. The highest BCUT2D eigenvalue weighted by Gasteiger charge is 2.24. The molecule has 1 aromatic heterocycles. The number of hydrogen-bond acceptors (Lipinski definition) is 3. The van der Waals surface area contributed by atoms with Crippen LogP contribution in [0.2, 0.25) is 0 Å². The van der Waals surface area contributed by atoms with Gasteiger partial charge in [-0.15, -0.1) is 12.4 Å².